The van der Waals surface area contributed by atoms with E-state index in [1.165, 1.54) is 5.01 Å². The van der Waals surface area contributed by atoms with Crippen LogP contribution in [0.25, 0.3) is 0 Å². The van der Waals surface area contributed by atoms with Crippen LogP contribution in [0.2, 0.25) is 0 Å². The number of rotatable bonds is 3. The molecule has 3 nitrogen and oxygen atoms in total. The van der Waals surface area contributed by atoms with E-state index in [9.17, 15) is 4.79 Å². The molecule has 0 aromatic carbocycles. The Kier molecular flexibility index (Phi) is 3.32. The fraction of sp³-hybridized carbons (Fsp3) is 0.750. The summed E-state index contributed by atoms with van der Waals surface area (Å²) in [5.74, 6) is 0. The van der Waals surface area contributed by atoms with Crippen molar-refractivity contribution in [3.63, 3.8) is 0 Å². The van der Waals surface area contributed by atoms with Gasteiger partial charge in [-0.2, -0.15) is 0 Å². The third-order valence-electron chi connectivity index (χ3n) is 0.696. The predicted molar refractivity (Wildman–Crippen MR) is 27.1 cm³/mol. The molecule has 0 aliphatic rings. The Bertz CT molecular complexity index is 51.7. The number of nitrogens with zero attached hydrogens (tertiary/aromatic N) is 1. The van der Waals surface area contributed by atoms with Gasteiger partial charge in [0.05, 0.1) is 0 Å². The lowest BCUT2D eigenvalue weighted by Crippen LogP contribution is -2.32. The summed E-state index contributed by atoms with van der Waals surface area (Å²) < 4.78 is 0. The minimum Gasteiger partial charge on any atom is -0.270 e. The van der Waals surface area contributed by atoms with Gasteiger partial charge in [-0.3, -0.25) is 9.80 Å². The Morgan fingerprint density at radius 2 is 2.43 bits per heavy atom. The Balaban J connectivity index is 3.16. The van der Waals surface area contributed by atoms with Crippen LogP contribution in [0.15, 0.2) is 0 Å². The summed E-state index contributed by atoms with van der Waals surface area (Å²) in [5, 5.41) is 1.32. The lowest BCUT2D eigenvalue weighted by molar-refractivity contribution is 0.329. The highest BCUT2D eigenvalue weighted by Crippen LogP contribution is 1.66. The smallest absolute Gasteiger partial charge is 0.270 e. The summed E-state index contributed by atoms with van der Waals surface area (Å²) in [4.78, 5) is 9.71. The highest BCUT2D eigenvalue weighted by Gasteiger charge is 1.88. The zero-order valence-corrected chi connectivity index (χ0v) is 4.56. The van der Waals surface area contributed by atoms with E-state index >= 15 is 0 Å². The Morgan fingerprint density at radius 1 is 1.86 bits per heavy atom. The predicted octanol–water partition coefficient (Wildman–Crippen LogP) is -0.490. The number of carbonyl (C=O) groups excluding carboxylic acids is 1. The molecule has 0 aromatic rings. The number of hydrogen-bond donors (Lipinski definition) is 1. The number of hydrazine groups is 1. The summed E-state index contributed by atoms with van der Waals surface area (Å²) in [5.41, 5.74) is 2.61. The van der Waals surface area contributed by atoms with Gasteiger partial charge in [-0.25, -0.2) is 5.43 Å². The van der Waals surface area contributed by atoms with Crippen LogP contribution in [0.5, 0.6) is 0 Å². The van der Waals surface area contributed by atoms with Gasteiger partial charge in [0.1, 0.15) is 0 Å². The monoisotopic (exact) mass is 101 g/mol. The van der Waals surface area contributed by atoms with Crippen molar-refractivity contribution in [3.05, 3.63) is 0 Å². The normalized spacial score (nSPS) is 8.29. The summed E-state index contributed by atoms with van der Waals surface area (Å²) >= 11 is 0. The van der Waals surface area contributed by atoms with Crippen molar-refractivity contribution in [2.75, 3.05) is 13.6 Å². The van der Waals surface area contributed by atoms with Gasteiger partial charge in [0.25, 0.3) is 0 Å². The molecule has 0 rings (SSSR count). The zero-order valence-electron chi connectivity index (χ0n) is 4.56. The summed E-state index contributed by atoms with van der Waals surface area (Å²) in [7, 11) is 1.68. The molecule has 0 saturated heterocycles. The fourth-order valence-electron chi connectivity index (χ4n) is 0.268. The molecule has 0 saturated carbocycles. The molecule has 1 radical (unpaired) electrons. The van der Waals surface area contributed by atoms with Gasteiger partial charge in [0.2, 0.25) is 0 Å². The van der Waals surface area contributed by atoms with Crippen LogP contribution in [0, 0.1) is 0 Å². The summed E-state index contributed by atoms with van der Waals surface area (Å²) in [6.07, 6.45) is 1.67. The number of amides is 1. The average Bonchev–Trinajstić information content (AvgIpc) is 1.72. The second-order valence-corrected chi connectivity index (χ2v) is 1.06. The maximum Gasteiger partial charge on any atom is 0.327 e. The van der Waals surface area contributed by atoms with Crippen molar-refractivity contribution in [1.29, 1.82) is 0 Å². The molecule has 0 aromatic heterocycles. The van der Waals surface area contributed by atoms with Crippen molar-refractivity contribution >= 4 is 6.41 Å². The molecule has 0 unspecified atom stereocenters. The van der Waals surface area contributed by atoms with Crippen LogP contribution in [0.3, 0.4) is 0 Å². The first-order valence-electron chi connectivity index (χ1n) is 2.17. The van der Waals surface area contributed by atoms with Crippen LogP contribution in [-0.2, 0) is 4.79 Å². The standard InChI is InChI=1S/C4H9N2O/c1-3-6(4-7)5-2/h5H,3H2,1-2H3. The molecule has 0 bridgehead atoms. The molecule has 0 spiro atoms. The largest absolute Gasteiger partial charge is 0.327 e. The molecule has 1 amide bonds. The molecule has 0 fully saturated rings. The van der Waals surface area contributed by atoms with Gasteiger partial charge in [-0.15, -0.1) is 0 Å². The second kappa shape index (κ2) is 3.61. The molecule has 0 heterocycles. The maximum atomic E-state index is 9.71. The average molecular weight is 101 g/mol. The minimum atomic E-state index is 0.653. The van der Waals surface area contributed by atoms with Crippen molar-refractivity contribution in [1.82, 2.24) is 10.4 Å². The van der Waals surface area contributed by atoms with Crippen LogP contribution < -0.4 is 5.43 Å². The van der Waals surface area contributed by atoms with Gasteiger partial charge in [0.15, 0.2) is 0 Å². The number of hydrogen-bond acceptors (Lipinski definition) is 2. The quantitative estimate of drug-likeness (QED) is 0.384. The van der Waals surface area contributed by atoms with Crippen molar-refractivity contribution in [2.45, 2.75) is 6.92 Å². The van der Waals surface area contributed by atoms with Gasteiger partial charge in [-0.05, 0) is 6.92 Å². The molecular formula is C4H9N2O. The van der Waals surface area contributed by atoms with Gasteiger partial charge >= 0.3 is 6.41 Å². The fourth-order valence-corrected chi connectivity index (χ4v) is 0.268. The molecular weight excluding hydrogens is 92.1 g/mol. The van der Waals surface area contributed by atoms with E-state index in [1.54, 1.807) is 13.5 Å². The molecule has 0 aliphatic heterocycles. The zero-order chi connectivity index (χ0) is 5.70. The second-order valence-electron chi connectivity index (χ2n) is 1.06. The summed E-state index contributed by atoms with van der Waals surface area (Å²) in [6.45, 7) is 2.52. The van der Waals surface area contributed by atoms with Crippen LogP contribution in [0.1, 0.15) is 6.92 Å². The minimum absolute atomic E-state index is 0.653. The highest BCUT2D eigenvalue weighted by atomic mass is 16.1. The first-order chi connectivity index (χ1) is 3.35. The van der Waals surface area contributed by atoms with Gasteiger partial charge in [0, 0.05) is 13.6 Å². The molecule has 1 N–H and O–H groups in total. The third-order valence-corrected chi connectivity index (χ3v) is 0.696. The Labute approximate surface area is 43.3 Å². The molecule has 7 heavy (non-hydrogen) atoms. The maximum absolute atomic E-state index is 9.71. The highest BCUT2D eigenvalue weighted by molar-refractivity contribution is 5.46. The van der Waals surface area contributed by atoms with Crippen molar-refractivity contribution in [2.24, 2.45) is 0 Å². The SMILES string of the molecule is CCN([C]=O)NC. The molecule has 3 heteroatoms. The van der Waals surface area contributed by atoms with E-state index in [4.69, 9.17) is 0 Å². The Morgan fingerprint density at radius 3 is 2.43 bits per heavy atom. The van der Waals surface area contributed by atoms with Crippen LogP contribution in [0.4, 0.5) is 0 Å². The number of nitrogens with one attached hydrogen (secondary N) is 1. The van der Waals surface area contributed by atoms with E-state index in [1.807, 2.05) is 6.92 Å². The van der Waals surface area contributed by atoms with E-state index in [-0.39, 0.29) is 0 Å². The van der Waals surface area contributed by atoms with E-state index < -0.39 is 0 Å². The first kappa shape index (κ1) is 6.43. The lowest BCUT2D eigenvalue weighted by atomic mass is 10.7. The Hall–Kier alpha value is -0.570. The van der Waals surface area contributed by atoms with E-state index in [0.717, 1.165) is 0 Å². The molecule has 0 atom stereocenters. The third kappa shape index (κ3) is 2.17. The topological polar surface area (TPSA) is 32.3 Å². The van der Waals surface area contributed by atoms with Gasteiger partial charge < -0.3 is 0 Å². The molecule has 0 aliphatic carbocycles. The first-order valence-corrected chi connectivity index (χ1v) is 2.17. The lowest BCUT2D eigenvalue weighted by Gasteiger charge is -2.08. The van der Waals surface area contributed by atoms with Gasteiger partial charge in [-0.1, -0.05) is 0 Å². The van der Waals surface area contributed by atoms with Crippen LogP contribution >= 0.6 is 0 Å². The van der Waals surface area contributed by atoms with Crippen LogP contribution in [-0.4, -0.2) is 25.0 Å². The summed E-state index contributed by atoms with van der Waals surface area (Å²) in [6, 6.07) is 0. The van der Waals surface area contributed by atoms with E-state index in [0.29, 0.717) is 6.54 Å². The van der Waals surface area contributed by atoms with Crippen molar-refractivity contribution in [3.8, 4) is 0 Å². The van der Waals surface area contributed by atoms with Crippen molar-refractivity contribution < 1.29 is 4.79 Å². The molecule has 41 valence electrons. The van der Waals surface area contributed by atoms with E-state index in [2.05, 4.69) is 5.43 Å².